The molecule has 3 rings (SSSR count). The summed E-state index contributed by atoms with van der Waals surface area (Å²) in [6.07, 6.45) is 0. The number of aromatic nitrogens is 1. The van der Waals surface area contributed by atoms with Gasteiger partial charge in [0.25, 0.3) is 5.91 Å². The Bertz CT molecular complexity index is 1100. The highest BCUT2D eigenvalue weighted by molar-refractivity contribution is 6.35. The van der Waals surface area contributed by atoms with E-state index in [-0.39, 0.29) is 11.3 Å². The lowest BCUT2D eigenvalue weighted by atomic mass is 10.0. The molecule has 1 aromatic heterocycles. The van der Waals surface area contributed by atoms with Crippen molar-refractivity contribution in [3.05, 3.63) is 59.8 Å². The van der Waals surface area contributed by atoms with Crippen LogP contribution in [0, 0.1) is 0 Å². The van der Waals surface area contributed by atoms with E-state index in [1.807, 2.05) is 0 Å². The van der Waals surface area contributed by atoms with Crippen molar-refractivity contribution in [1.82, 2.24) is 10.0 Å². The van der Waals surface area contributed by atoms with Crippen molar-refractivity contribution in [3.63, 3.8) is 0 Å². The number of carbonyl (C=O) groups excluding carboxylic acids is 2. The minimum Gasteiger partial charge on any atom is -0.476 e. The van der Waals surface area contributed by atoms with Crippen molar-refractivity contribution in [1.29, 1.82) is 0 Å². The first-order valence-electron chi connectivity index (χ1n) is 7.55. The molecule has 9 nitrogen and oxygen atoms in total. The summed E-state index contributed by atoms with van der Waals surface area (Å²) in [7, 11) is 0. The number of carboxylic acid groups (broad SMARTS) is 2. The molecular formula is C18H12N2O7. The van der Waals surface area contributed by atoms with Gasteiger partial charge in [-0.25, -0.2) is 9.59 Å². The summed E-state index contributed by atoms with van der Waals surface area (Å²) in [6, 6.07) is 12.3. The Kier molecular flexibility index (Phi) is 4.34. The summed E-state index contributed by atoms with van der Waals surface area (Å²) >= 11 is 0. The third-order valence-corrected chi connectivity index (χ3v) is 3.90. The number of benzene rings is 2. The number of hydrogen-bond donors (Lipinski definition) is 4. The average molecular weight is 368 g/mol. The van der Waals surface area contributed by atoms with Crippen LogP contribution in [0.25, 0.3) is 22.0 Å². The van der Waals surface area contributed by atoms with Crippen LogP contribution < -0.4 is 5.32 Å². The number of fused-ring (bicyclic) bond motifs is 1. The minimum atomic E-state index is -1.76. The molecule has 2 aromatic carbocycles. The van der Waals surface area contributed by atoms with Gasteiger partial charge >= 0.3 is 17.8 Å². The highest BCUT2D eigenvalue weighted by Crippen LogP contribution is 2.26. The maximum Gasteiger partial charge on any atom is 0.394 e. The number of aromatic carboxylic acids is 1. The number of imide groups is 1. The standard InChI is InChI=1S/C18H12N2O7/c21-15(19-16(22)18(25)26)10-3-1-9(2-4-10)11-5-6-12-8-14(17(23)24)20(27)13(12)7-11/h1-8,27H,(H,23,24)(H,25,26)(H,19,21,22). The number of nitrogens with zero attached hydrogens (tertiary/aromatic N) is 1. The molecule has 0 atom stereocenters. The Morgan fingerprint density at radius 1 is 0.852 bits per heavy atom. The molecule has 1 heterocycles. The summed E-state index contributed by atoms with van der Waals surface area (Å²) in [5.41, 5.74) is 1.45. The molecule has 0 unspecified atom stereocenters. The summed E-state index contributed by atoms with van der Waals surface area (Å²) in [5.74, 6) is -5.30. The van der Waals surface area contributed by atoms with E-state index in [1.54, 1.807) is 35.6 Å². The SMILES string of the molecule is O=C(O)C(=O)NC(=O)c1ccc(-c2ccc3cc(C(=O)O)n(O)c3c2)cc1. The van der Waals surface area contributed by atoms with Crippen molar-refractivity contribution in [3.8, 4) is 11.1 Å². The van der Waals surface area contributed by atoms with Crippen LogP contribution in [0.1, 0.15) is 20.8 Å². The molecule has 0 radical (unpaired) electrons. The van der Waals surface area contributed by atoms with E-state index in [4.69, 9.17) is 10.2 Å². The topological polar surface area (TPSA) is 146 Å². The highest BCUT2D eigenvalue weighted by atomic mass is 16.5. The van der Waals surface area contributed by atoms with Crippen LogP contribution in [0.2, 0.25) is 0 Å². The molecule has 3 aromatic rings. The van der Waals surface area contributed by atoms with E-state index in [0.29, 0.717) is 26.8 Å². The number of carbonyl (C=O) groups is 4. The Balaban J connectivity index is 1.90. The minimum absolute atomic E-state index is 0.0909. The predicted octanol–water partition coefficient (Wildman–Crippen LogP) is 1.58. The van der Waals surface area contributed by atoms with Crippen LogP contribution in [0.3, 0.4) is 0 Å². The number of nitrogens with one attached hydrogen (secondary N) is 1. The second kappa shape index (κ2) is 6.64. The van der Waals surface area contributed by atoms with Crippen LogP contribution in [0.4, 0.5) is 0 Å². The van der Waals surface area contributed by atoms with Crippen LogP contribution in [0.5, 0.6) is 0 Å². The monoisotopic (exact) mass is 368 g/mol. The third kappa shape index (κ3) is 3.33. The van der Waals surface area contributed by atoms with Crippen LogP contribution >= 0.6 is 0 Å². The summed E-state index contributed by atoms with van der Waals surface area (Å²) in [6.45, 7) is 0. The van der Waals surface area contributed by atoms with E-state index < -0.39 is 23.8 Å². The summed E-state index contributed by atoms with van der Waals surface area (Å²) in [4.78, 5) is 44.4. The fraction of sp³-hybridized carbons (Fsp3) is 0. The largest absolute Gasteiger partial charge is 0.476 e. The molecule has 0 aliphatic heterocycles. The highest BCUT2D eigenvalue weighted by Gasteiger charge is 2.17. The fourth-order valence-electron chi connectivity index (χ4n) is 2.56. The third-order valence-electron chi connectivity index (χ3n) is 3.90. The van der Waals surface area contributed by atoms with Crippen LogP contribution in [-0.2, 0) is 9.59 Å². The van der Waals surface area contributed by atoms with Gasteiger partial charge in [-0.2, -0.15) is 4.73 Å². The molecule has 0 saturated heterocycles. The number of rotatable bonds is 3. The first kappa shape index (κ1) is 17.7. The van der Waals surface area contributed by atoms with Gasteiger partial charge in [0, 0.05) is 10.9 Å². The van der Waals surface area contributed by atoms with Crippen molar-refractivity contribution in [2.45, 2.75) is 0 Å². The van der Waals surface area contributed by atoms with E-state index in [1.165, 1.54) is 18.2 Å². The van der Waals surface area contributed by atoms with Gasteiger partial charge in [0.15, 0.2) is 5.69 Å². The quantitative estimate of drug-likeness (QED) is 0.405. The Morgan fingerprint density at radius 3 is 2.07 bits per heavy atom. The molecular weight excluding hydrogens is 356 g/mol. The lowest BCUT2D eigenvalue weighted by molar-refractivity contribution is -0.149. The molecule has 0 fully saturated rings. The van der Waals surface area contributed by atoms with Gasteiger partial charge in [-0.15, -0.1) is 0 Å². The summed E-state index contributed by atoms with van der Waals surface area (Å²) < 4.78 is 0.584. The molecule has 4 N–H and O–H groups in total. The smallest absolute Gasteiger partial charge is 0.394 e. The zero-order chi connectivity index (χ0) is 19.7. The van der Waals surface area contributed by atoms with Gasteiger partial charge in [0.05, 0.1) is 5.52 Å². The molecule has 0 spiro atoms. The van der Waals surface area contributed by atoms with Gasteiger partial charge in [-0.1, -0.05) is 24.3 Å². The van der Waals surface area contributed by atoms with Crippen molar-refractivity contribution < 1.29 is 34.6 Å². The molecule has 0 aliphatic rings. The van der Waals surface area contributed by atoms with E-state index in [0.717, 1.165) is 0 Å². The first-order valence-corrected chi connectivity index (χ1v) is 7.55. The predicted molar refractivity (Wildman–Crippen MR) is 91.6 cm³/mol. The molecule has 0 saturated carbocycles. The van der Waals surface area contributed by atoms with Crippen molar-refractivity contribution >= 4 is 34.7 Å². The lowest BCUT2D eigenvalue weighted by Gasteiger charge is -2.05. The Hall–Kier alpha value is -4.14. The molecule has 0 aliphatic carbocycles. The van der Waals surface area contributed by atoms with E-state index in [9.17, 15) is 24.4 Å². The molecule has 0 bridgehead atoms. The molecule has 27 heavy (non-hydrogen) atoms. The van der Waals surface area contributed by atoms with Gasteiger partial charge in [-0.3, -0.25) is 14.9 Å². The normalized spacial score (nSPS) is 10.5. The Labute approximate surface area is 151 Å². The maximum atomic E-state index is 11.8. The summed E-state index contributed by atoms with van der Waals surface area (Å²) in [5, 5.41) is 29.8. The zero-order valence-electron chi connectivity index (χ0n) is 13.5. The number of amides is 2. The second-order valence-electron chi connectivity index (χ2n) is 5.59. The molecule has 2 amide bonds. The first-order chi connectivity index (χ1) is 12.8. The maximum absolute atomic E-state index is 11.8. The van der Waals surface area contributed by atoms with Crippen LogP contribution in [0.15, 0.2) is 48.5 Å². The molecule has 9 heteroatoms. The van der Waals surface area contributed by atoms with Gasteiger partial charge in [-0.05, 0) is 35.4 Å². The van der Waals surface area contributed by atoms with Gasteiger partial charge in [0.2, 0.25) is 0 Å². The van der Waals surface area contributed by atoms with E-state index in [2.05, 4.69) is 0 Å². The van der Waals surface area contributed by atoms with E-state index >= 15 is 0 Å². The fourth-order valence-corrected chi connectivity index (χ4v) is 2.56. The lowest BCUT2D eigenvalue weighted by Crippen LogP contribution is -2.35. The van der Waals surface area contributed by atoms with Gasteiger partial charge in [0.1, 0.15) is 0 Å². The Morgan fingerprint density at radius 2 is 1.48 bits per heavy atom. The van der Waals surface area contributed by atoms with Gasteiger partial charge < -0.3 is 15.4 Å². The number of hydrogen-bond acceptors (Lipinski definition) is 5. The van der Waals surface area contributed by atoms with Crippen molar-refractivity contribution in [2.24, 2.45) is 0 Å². The number of aliphatic carboxylic acids is 1. The average Bonchev–Trinajstić information content (AvgIpc) is 2.98. The van der Waals surface area contributed by atoms with Crippen molar-refractivity contribution in [2.75, 3.05) is 0 Å². The van der Waals surface area contributed by atoms with Crippen LogP contribution in [-0.4, -0.2) is 43.9 Å². The number of carboxylic acids is 2. The molecule has 136 valence electrons. The zero-order valence-corrected chi connectivity index (χ0v) is 13.5. The second-order valence-corrected chi connectivity index (χ2v) is 5.59.